The Bertz CT molecular complexity index is 643. The van der Waals surface area contributed by atoms with Crippen LogP contribution in [0.4, 0.5) is 5.69 Å². The highest BCUT2D eigenvalue weighted by Gasteiger charge is 2.54. The van der Waals surface area contributed by atoms with E-state index in [9.17, 15) is 4.79 Å². The van der Waals surface area contributed by atoms with Crippen molar-refractivity contribution < 1.29 is 14.3 Å². The van der Waals surface area contributed by atoms with E-state index in [0.717, 1.165) is 17.0 Å². The van der Waals surface area contributed by atoms with Gasteiger partial charge in [-0.1, -0.05) is 6.07 Å². The van der Waals surface area contributed by atoms with Crippen LogP contribution in [0.5, 0.6) is 5.75 Å². The van der Waals surface area contributed by atoms with Gasteiger partial charge < -0.3 is 14.4 Å². The van der Waals surface area contributed by atoms with Crippen molar-refractivity contribution in [2.45, 2.75) is 19.0 Å². The summed E-state index contributed by atoms with van der Waals surface area (Å²) in [5.41, 5.74) is 1.98. The normalized spacial score (nSPS) is 19.6. The predicted molar refractivity (Wildman–Crippen MR) is 82.9 cm³/mol. The number of benzene rings is 1. The number of pyridine rings is 1. The summed E-state index contributed by atoms with van der Waals surface area (Å²) in [4.78, 5) is 18.4. The zero-order valence-corrected chi connectivity index (χ0v) is 12.6. The van der Waals surface area contributed by atoms with E-state index in [1.807, 2.05) is 48.2 Å². The van der Waals surface area contributed by atoms with E-state index in [-0.39, 0.29) is 18.1 Å². The van der Waals surface area contributed by atoms with Gasteiger partial charge in [-0.15, -0.1) is 0 Å². The molecule has 0 unspecified atom stereocenters. The van der Waals surface area contributed by atoms with Gasteiger partial charge in [0.15, 0.2) is 6.04 Å². The Labute approximate surface area is 129 Å². The average Bonchev–Trinajstić information content (AvgIpc) is 3.32. The van der Waals surface area contributed by atoms with E-state index in [1.54, 1.807) is 19.5 Å². The number of carbonyl (C=O) groups is 1. The third kappa shape index (κ3) is 2.62. The highest BCUT2D eigenvalue weighted by atomic mass is 16.5. The third-order valence-corrected chi connectivity index (χ3v) is 3.73. The molecule has 0 spiro atoms. The number of hydrogen-bond acceptors (Lipinski definition) is 5. The van der Waals surface area contributed by atoms with Gasteiger partial charge in [-0.2, -0.15) is 0 Å². The van der Waals surface area contributed by atoms with Crippen LogP contribution in [0.2, 0.25) is 0 Å². The fourth-order valence-corrected chi connectivity index (χ4v) is 2.67. The maximum Gasteiger partial charge on any atom is 0.331 e. The number of anilines is 1. The first-order valence-electron chi connectivity index (χ1n) is 7.25. The van der Waals surface area contributed by atoms with Gasteiger partial charge in [0, 0.05) is 18.1 Å². The van der Waals surface area contributed by atoms with Gasteiger partial charge in [0.1, 0.15) is 5.75 Å². The SMILES string of the molecule is CCOC(=O)[C@@H]1[C@H](c2cccnc2)N1c1ccc(OC)cc1. The van der Waals surface area contributed by atoms with E-state index in [4.69, 9.17) is 9.47 Å². The van der Waals surface area contributed by atoms with Crippen molar-refractivity contribution in [2.75, 3.05) is 18.6 Å². The molecule has 0 aliphatic carbocycles. The molecule has 1 aromatic heterocycles. The fourth-order valence-electron chi connectivity index (χ4n) is 2.67. The topological polar surface area (TPSA) is 51.4 Å². The monoisotopic (exact) mass is 298 g/mol. The molecule has 0 bridgehead atoms. The van der Waals surface area contributed by atoms with Crippen LogP contribution in [-0.4, -0.2) is 30.7 Å². The van der Waals surface area contributed by atoms with Gasteiger partial charge in [-0.25, -0.2) is 4.79 Å². The lowest BCUT2D eigenvalue weighted by Crippen LogP contribution is -2.15. The Morgan fingerprint density at radius 3 is 2.64 bits per heavy atom. The summed E-state index contributed by atoms with van der Waals surface area (Å²) in [6, 6.07) is 11.2. The Kier molecular flexibility index (Phi) is 3.96. The number of aromatic nitrogens is 1. The molecule has 2 aromatic rings. The van der Waals surface area contributed by atoms with Crippen molar-refractivity contribution in [3.63, 3.8) is 0 Å². The van der Waals surface area contributed by atoms with Crippen molar-refractivity contribution in [2.24, 2.45) is 0 Å². The minimum Gasteiger partial charge on any atom is -0.497 e. The van der Waals surface area contributed by atoms with Gasteiger partial charge in [0.25, 0.3) is 0 Å². The number of rotatable bonds is 5. The van der Waals surface area contributed by atoms with E-state index in [1.165, 1.54) is 0 Å². The largest absolute Gasteiger partial charge is 0.497 e. The minimum absolute atomic E-state index is 0.0267. The van der Waals surface area contributed by atoms with Crippen LogP contribution in [0.25, 0.3) is 0 Å². The van der Waals surface area contributed by atoms with Crippen molar-refractivity contribution in [3.8, 4) is 5.75 Å². The molecule has 0 radical (unpaired) electrons. The molecule has 3 rings (SSSR count). The zero-order chi connectivity index (χ0) is 15.5. The molecule has 1 aliphatic heterocycles. The summed E-state index contributed by atoms with van der Waals surface area (Å²) < 4.78 is 10.4. The Morgan fingerprint density at radius 1 is 1.27 bits per heavy atom. The number of hydrogen-bond donors (Lipinski definition) is 0. The molecule has 1 saturated heterocycles. The molecule has 1 aliphatic rings. The van der Waals surface area contributed by atoms with Crippen LogP contribution in [0.1, 0.15) is 18.5 Å². The summed E-state index contributed by atoms with van der Waals surface area (Å²) in [6.07, 6.45) is 3.52. The van der Waals surface area contributed by atoms with Gasteiger partial charge in [-0.05, 0) is 42.8 Å². The maximum absolute atomic E-state index is 12.2. The van der Waals surface area contributed by atoms with Crippen LogP contribution >= 0.6 is 0 Å². The highest BCUT2D eigenvalue weighted by molar-refractivity contribution is 5.88. The molecule has 22 heavy (non-hydrogen) atoms. The number of nitrogens with zero attached hydrogens (tertiary/aromatic N) is 2. The average molecular weight is 298 g/mol. The minimum atomic E-state index is -0.294. The van der Waals surface area contributed by atoms with Crippen molar-refractivity contribution in [1.29, 1.82) is 0 Å². The van der Waals surface area contributed by atoms with Crippen LogP contribution in [0.3, 0.4) is 0 Å². The standard InChI is InChI=1S/C17H18N2O3/c1-3-22-17(20)16-15(12-5-4-10-18-11-12)19(16)13-6-8-14(21-2)9-7-13/h4-11,15-16H,3H2,1-2H3/t15-,16-,19?/m0/s1. The molecule has 114 valence electrons. The second-order valence-electron chi connectivity index (χ2n) is 5.03. The number of methoxy groups -OCH3 is 1. The molecular formula is C17H18N2O3. The van der Waals surface area contributed by atoms with E-state index in [2.05, 4.69) is 4.98 Å². The predicted octanol–water partition coefficient (Wildman–Crippen LogP) is 2.58. The number of carbonyl (C=O) groups excluding carboxylic acids is 1. The van der Waals surface area contributed by atoms with Gasteiger partial charge >= 0.3 is 5.97 Å². The molecule has 0 saturated carbocycles. The second-order valence-corrected chi connectivity index (χ2v) is 5.03. The molecule has 2 atom stereocenters. The van der Waals surface area contributed by atoms with Crippen LogP contribution in [0, 0.1) is 0 Å². The summed E-state index contributed by atoms with van der Waals surface area (Å²) in [5.74, 6) is 0.586. The van der Waals surface area contributed by atoms with Crippen LogP contribution in [0.15, 0.2) is 48.8 Å². The van der Waals surface area contributed by atoms with Crippen molar-refractivity contribution >= 4 is 11.7 Å². The van der Waals surface area contributed by atoms with Crippen LogP contribution in [-0.2, 0) is 9.53 Å². The van der Waals surface area contributed by atoms with Crippen LogP contribution < -0.4 is 9.64 Å². The van der Waals surface area contributed by atoms with Crippen molar-refractivity contribution in [3.05, 3.63) is 54.4 Å². The molecule has 1 fully saturated rings. The maximum atomic E-state index is 12.2. The molecular weight excluding hydrogens is 280 g/mol. The fraction of sp³-hybridized carbons (Fsp3) is 0.294. The Morgan fingerprint density at radius 2 is 2.05 bits per heavy atom. The Balaban J connectivity index is 1.88. The van der Waals surface area contributed by atoms with Gasteiger partial charge in [-0.3, -0.25) is 4.98 Å². The quantitative estimate of drug-likeness (QED) is 0.627. The summed E-state index contributed by atoms with van der Waals surface area (Å²) >= 11 is 0. The lowest BCUT2D eigenvalue weighted by atomic mass is 10.1. The van der Waals surface area contributed by atoms with Gasteiger partial charge in [0.05, 0.1) is 19.8 Å². The molecule has 1 aromatic carbocycles. The molecule has 0 N–H and O–H groups in total. The first-order chi connectivity index (χ1) is 10.8. The number of esters is 1. The third-order valence-electron chi connectivity index (χ3n) is 3.73. The van der Waals surface area contributed by atoms with E-state index >= 15 is 0 Å². The molecule has 2 heterocycles. The second kappa shape index (κ2) is 6.05. The lowest BCUT2D eigenvalue weighted by Gasteiger charge is -2.07. The first kappa shape index (κ1) is 14.4. The molecule has 5 heteroatoms. The van der Waals surface area contributed by atoms with Gasteiger partial charge in [0.2, 0.25) is 0 Å². The highest BCUT2D eigenvalue weighted by Crippen LogP contribution is 2.47. The molecule has 0 amide bonds. The summed E-state index contributed by atoms with van der Waals surface area (Å²) in [7, 11) is 1.63. The van der Waals surface area contributed by atoms with E-state index in [0.29, 0.717) is 6.61 Å². The summed E-state index contributed by atoms with van der Waals surface area (Å²) in [5, 5.41) is 0. The lowest BCUT2D eigenvalue weighted by molar-refractivity contribution is -0.142. The first-order valence-corrected chi connectivity index (χ1v) is 7.25. The zero-order valence-electron chi connectivity index (χ0n) is 12.6. The smallest absolute Gasteiger partial charge is 0.331 e. The molecule has 5 nitrogen and oxygen atoms in total. The Hall–Kier alpha value is -2.56. The van der Waals surface area contributed by atoms with E-state index < -0.39 is 0 Å². The number of ether oxygens (including phenoxy) is 2. The summed E-state index contributed by atoms with van der Waals surface area (Å²) in [6.45, 7) is 2.20. The van der Waals surface area contributed by atoms with Crippen molar-refractivity contribution in [1.82, 2.24) is 4.98 Å².